The molecular weight excluding hydrogens is 523 g/mol. The number of aromatic nitrogens is 2. The summed E-state index contributed by atoms with van der Waals surface area (Å²) in [5, 5.41) is 10.6. The van der Waals surface area contributed by atoms with Gasteiger partial charge >= 0.3 is 7.82 Å². The Balaban J connectivity index is 2.40. The minimum Gasteiger partial charge on any atom is -0.383 e. The molecule has 0 unspecified atom stereocenters. The van der Waals surface area contributed by atoms with E-state index in [-0.39, 0.29) is 30.4 Å². The number of thiol groups is 1. The Labute approximate surface area is 197 Å². The van der Waals surface area contributed by atoms with Gasteiger partial charge in [0.25, 0.3) is 0 Å². The van der Waals surface area contributed by atoms with Crippen LogP contribution in [0.2, 0.25) is 0 Å². The van der Waals surface area contributed by atoms with E-state index in [2.05, 4.69) is 30.4 Å². The number of nitrogen functional groups attached to an aromatic ring is 1. The molecule has 0 radical (unpaired) electrons. The van der Waals surface area contributed by atoms with Crippen LogP contribution in [0.1, 0.15) is 30.3 Å². The molecule has 0 atom stereocenters. The number of carbonyl (C=O) groups excluding carboxylic acids is 1. The smallest absolute Gasteiger partial charge is 0.383 e. The zero-order chi connectivity index (χ0) is 23.9. The van der Waals surface area contributed by atoms with Crippen LogP contribution in [0, 0.1) is 6.92 Å². The maximum absolute atomic E-state index is 11.8. The molecule has 32 heavy (non-hydrogen) atoms. The molecule has 1 aromatic heterocycles. The van der Waals surface area contributed by atoms with Crippen molar-refractivity contribution in [2.75, 3.05) is 12.3 Å². The Morgan fingerprint density at radius 3 is 2.56 bits per heavy atom. The average Bonchev–Trinajstić information content (AvgIpc) is 2.71. The summed E-state index contributed by atoms with van der Waals surface area (Å²) in [4.78, 5) is 39.9. The number of anilines is 1. The van der Waals surface area contributed by atoms with Crippen LogP contribution in [0.5, 0.6) is 0 Å². The van der Waals surface area contributed by atoms with Gasteiger partial charge in [-0.15, -0.1) is 11.4 Å². The standard InChI is InChI=1S/C19H24BrN4O6PS/c1-12(24(11-25)10-15-9-22-13(2)23-18(15)21)17(7-8-30-31(27,28)29)32-19(26)14-3-5-16(20)6-4-14/h3-6,9,11,26,32H,7-8,10H2,1-2H3,(H2,21,22,23)(H2,27,28,29)/b17-12-. The summed E-state index contributed by atoms with van der Waals surface area (Å²) in [6.45, 7) is 3.13. The van der Waals surface area contributed by atoms with E-state index in [1.807, 2.05) is 0 Å². The molecule has 0 fully saturated rings. The van der Waals surface area contributed by atoms with Crippen LogP contribution >= 0.6 is 35.1 Å². The number of halogens is 1. The zero-order valence-electron chi connectivity index (χ0n) is 17.3. The van der Waals surface area contributed by atoms with Crippen molar-refractivity contribution >= 4 is 52.4 Å². The van der Waals surface area contributed by atoms with Crippen molar-refractivity contribution in [3.63, 3.8) is 0 Å². The molecule has 10 nitrogen and oxygen atoms in total. The molecule has 5 N–H and O–H groups in total. The van der Waals surface area contributed by atoms with E-state index in [1.54, 1.807) is 38.1 Å². The lowest BCUT2D eigenvalue weighted by atomic mass is 10.2. The van der Waals surface area contributed by atoms with Gasteiger partial charge in [-0.3, -0.25) is 9.32 Å². The first-order valence-corrected chi connectivity index (χ1v) is 12.4. The molecule has 0 aliphatic rings. The SMILES string of the molecule is C/C(=C(CCOP(=O)(O)O)/[SH]=C(\O)c1ccc(Br)cc1)N(C=O)Cc1cnc(C)nc1N. The Hall–Kier alpha value is -1.92. The number of allylic oxidation sites excluding steroid dienone is 1. The number of phosphoric ester groups is 1. The van der Waals surface area contributed by atoms with Gasteiger partial charge in [-0.05, 0) is 26.0 Å². The van der Waals surface area contributed by atoms with E-state index in [0.29, 0.717) is 45.3 Å². The Kier molecular flexibility index (Phi) is 9.71. The number of aryl methyl sites for hydroxylation is 1. The largest absolute Gasteiger partial charge is 0.469 e. The summed E-state index contributed by atoms with van der Waals surface area (Å²) in [6, 6.07) is 6.97. The molecule has 1 aromatic carbocycles. The third-order valence-corrected chi connectivity index (χ3v) is 6.61. The van der Waals surface area contributed by atoms with Crippen LogP contribution in [-0.4, -0.2) is 47.8 Å². The van der Waals surface area contributed by atoms with Crippen LogP contribution in [-0.2, 0) is 20.4 Å². The molecule has 0 spiro atoms. The average molecular weight is 547 g/mol. The predicted octanol–water partition coefficient (Wildman–Crippen LogP) is 3.02. The first-order chi connectivity index (χ1) is 15.0. The first-order valence-electron chi connectivity index (χ1n) is 9.23. The van der Waals surface area contributed by atoms with Gasteiger partial charge in [0.05, 0.1) is 13.2 Å². The van der Waals surface area contributed by atoms with E-state index in [4.69, 9.17) is 15.5 Å². The molecule has 0 aliphatic heterocycles. The van der Waals surface area contributed by atoms with Gasteiger partial charge < -0.3 is 25.5 Å². The molecule has 0 aliphatic carbocycles. The number of nitrogens with zero attached hydrogens (tertiary/aromatic N) is 3. The van der Waals surface area contributed by atoms with Gasteiger partial charge in [-0.1, -0.05) is 28.1 Å². The molecule has 2 aromatic rings. The quantitative estimate of drug-likeness (QED) is 0.130. The van der Waals surface area contributed by atoms with Crippen molar-refractivity contribution in [3.8, 4) is 0 Å². The summed E-state index contributed by atoms with van der Waals surface area (Å²) >= 11 is 3.68. The van der Waals surface area contributed by atoms with E-state index < -0.39 is 7.82 Å². The minimum atomic E-state index is -4.66. The van der Waals surface area contributed by atoms with Crippen molar-refractivity contribution in [1.29, 1.82) is 0 Å². The Morgan fingerprint density at radius 2 is 2.00 bits per heavy atom. The van der Waals surface area contributed by atoms with Crippen molar-refractivity contribution < 1.29 is 28.8 Å². The lowest BCUT2D eigenvalue weighted by Gasteiger charge is -2.22. The van der Waals surface area contributed by atoms with Gasteiger partial charge in [0.15, 0.2) is 0 Å². The number of nitrogens with two attached hydrogens (primary N) is 1. The van der Waals surface area contributed by atoms with Crippen molar-refractivity contribution in [3.05, 3.63) is 62.5 Å². The van der Waals surface area contributed by atoms with E-state index >= 15 is 0 Å². The molecule has 1 heterocycles. The second-order valence-corrected chi connectivity index (χ2v) is 9.95. The number of hydrogen-bond acceptors (Lipinski definition) is 6. The van der Waals surface area contributed by atoms with E-state index in [9.17, 15) is 14.5 Å². The monoisotopic (exact) mass is 546 g/mol. The third-order valence-electron chi connectivity index (χ3n) is 4.28. The molecule has 1 amide bonds. The number of benzene rings is 1. The molecule has 0 saturated heterocycles. The molecular formula is C19H24BrN4O6PS. The topological polar surface area (TPSA) is 159 Å². The highest BCUT2D eigenvalue weighted by Crippen LogP contribution is 2.36. The predicted molar refractivity (Wildman–Crippen MR) is 128 cm³/mol. The van der Waals surface area contributed by atoms with Crippen molar-refractivity contribution in [1.82, 2.24) is 14.9 Å². The number of aliphatic hydroxyl groups excluding tert-OH is 1. The van der Waals surface area contributed by atoms with Crippen molar-refractivity contribution in [2.24, 2.45) is 0 Å². The van der Waals surface area contributed by atoms with Crippen LogP contribution in [0.3, 0.4) is 0 Å². The summed E-state index contributed by atoms with van der Waals surface area (Å²) in [5.41, 5.74) is 7.50. The maximum Gasteiger partial charge on any atom is 0.469 e. The number of rotatable bonds is 10. The fourth-order valence-corrected chi connectivity index (χ4v) is 4.21. The number of hydrogen-bond donors (Lipinski definition) is 5. The van der Waals surface area contributed by atoms with Crippen LogP contribution in [0.15, 0.2) is 45.5 Å². The second kappa shape index (κ2) is 11.8. The number of aliphatic hydroxyl groups is 1. The van der Waals surface area contributed by atoms with Gasteiger partial charge in [-0.2, -0.15) is 0 Å². The number of carbonyl (C=O) groups is 1. The molecule has 0 bridgehead atoms. The maximum atomic E-state index is 11.8. The molecule has 0 saturated carbocycles. The number of amides is 1. The van der Waals surface area contributed by atoms with E-state index in [1.165, 1.54) is 11.1 Å². The van der Waals surface area contributed by atoms with Gasteiger partial charge in [-0.25, -0.2) is 14.5 Å². The normalized spacial score (nSPS) is 13.2. The number of phosphoric acid groups is 1. The minimum absolute atomic E-state index is 0.00654. The molecule has 2 rings (SSSR count). The van der Waals surface area contributed by atoms with Crippen LogP contribution in [0.25, 0.3) is 0 Å². The lowest BCUT2D eigenvalue weighted by Crippen LogP contribution is -2.22. The van der Waals surface area contributed by atoms with Crippen molar-refractivity contribution in [2.45, 2.75) is 26.8 Å². The fraction of sp³-hybridized carbons (Fsp3) is 0.263. The summed E-state index contributed by atoms with van der Waals surface area (Å²) in [7, 11) is -4.66. The van der Waals surface area contributed by atoms with Gasteiger partial charge in [0, 0.05) is 38.8 Å². The molecule has 174 valence electrons. The Bertz CT molecular complexity index is 1070. The lowest BCUT2D eigenvalue weighted by molar-refractivity contribution is -0.116. The Morgan fingerprint density at radius 1 is 1.34 bits per heavy atom. The highest BCUT2D eigenvalue weighted by molar-refractivity contribution is 9.10. The third kappa shape index (κ3) is 8.21. The second-order valence-electron chi connectivity index (χ2n) is 6.61. The van der Waals surface area contributed by atoms with Crippen LogP contribution in [0.4, 0.5) is 5.82 Å². The van der Waals surface area contributed by atoms with Crippen LogP contribution < -0.4 is 5.73 Å². The zero-order valence-corrected chi connectivity index (χ0v) is 20.7. The van der Waals surface area contributed by atoms with Gasteiger partial charge in [0.2, 0.25) is 6.41 Å². The first kappa shape index (κ1) is 26.3. The summed E-state index contributed by atoms with van der Waals surface area (Å²) in [6.07, 6.45) is 2.19. The summed E-state index contributed by atoms with van der Waals surface area (Å²) < 4.78 is 16.5. The van der Waals surface area contributed by atoms with E-state index in [0.717, 1.165) is 4.47 Å². The highest BCUT2D eigenvalue weighted by atomic mass is 79.9. The highest BCUT2D eigenvalue weighted by Gasteiger charge is 2.17. The van der Waals surface area contributed by atoms with Gasteiger partial charge in [0.1, 0.15) is 16.7 Å². The fourth-order valence-electron chi connectivity index (χ4n) is 2.59. The summed E-state index contributed by atoms with van der Waals surface area (Å²) in [5.74, 6) is 0.740. The molecule has 13 heteroatoms.